The van der Waals surface area contributed by atoms with E-state index in [1.54, 1.807) is 38.1 Å². The molecule has 0 N–H and O–H groups in total. The summed E-state index contributed by atoms with van der Waals surface area (Å²) in [5.74, 6) is -6.16. The normalized spacial score (nSPS) is 12.4. The van der Waals surface area contributed by atoms with Crippen molar-refractivity contribution < 1.29 is 23.9 Å². The second kappa shape index (κ2) is 10.7. The Morgan fingerprint density at radius 2 is 1.56 bits per heavy atom. The number of carbonyl (C=O) groups is 3. The van der Waals surface area contributed by atoms with Crippen molar-refractivity contribution in [3.05, 3.63) is 35.4 Å². The first kappa shape index (κ1) is 21.9. The maximum Gasteiger partial charge on any atom is 0.317 e. The minimum Gasteiger partial charge on any atom is -0.466 e. The highest BCUT2D eigenvalue weighted by atomic mass is 16.5. The van der Waals surface area contributed by atoms with Crippen LogP contribution in [0.25, 0.3) is 0 Å². The molecule has 2 atom stereocenters. The number of hydrogen-bond acceptors (Lipinski definition) is 7. The number of benzene rings is 1. The van der Waals surface area contributed by atoms with Crippen molar-refractivity contribution in [3.63, 3.8) is 0 Å². The molecule has 0 heterocycles. The third-order valence-corrected chi connectivity index (χ3v) is 3.97. The molecular formula is C20H22N2O5. The summed E-state index contributed by atoms with van der Waals surface area (Å²) in [6, 6.07) is 10.5. The van der Waals surface area contributed by atoms with E-state index < -0.39 is 41.9 Å². The van der Waals surface area contributed by atoms with Crippen LogP contribution in [0.1, 0.15) is 37.3 Å². The van der Waals surface area contributed by atoms with Crippen molar-refractivity contribution in [2.24, 2.45) is 11.8 Å². The Kier molecular flexibility index (Phi) is 8.68. The molecule has 0 aliphatic heterocycles. The average molecular weight is 370 g/mol. The van der Waals surface area contributed by atoms with Crippen molar-refractivity contribution in [2.75, 3.05) is 13.2 Å². The van der Waals surface area contributed by atoms with Gasteiger partial charge >= 0.3 is 11.9 Å². The van der Waals surface area contributed by atoms with Crippen LogP contribution < -0.4 is 0 Å². The first-order valence-corrected chi connectivity index (χ1v) is 8.60. The Bertz CT molecular complexity index is 744. The standard InChI is InChI=1S/C20H22N2O5/c1-4-26-17(24)10-16(23)19(20(25)27-5-2)18(15(11-21)12-22)14-8-6-13(3)7-9-14/h6-9,15,18-19H,4-5,10H2,1-3H3. The topological polar surface area (TPSA) is 117 Å². The van der Waals surface area contributed by atoms with Gasteiger partial charge in [0.1, 0.15) is 18.3 Å². The molecular weight excluding hydrogens is 348 g/mol. The van der Waals surface area contributed by atoms with E-state index in [9.17, 15) is 24.9 Å². The maximum atomic E-state index is 12.7. The highest BCUT2D eigenvalue weighted by Gasteiger charge is 2.42. The van der Waals surface area contributed by atoms with E-state index in [-0.39, 0.29) is 13.2 Å². The molecule has 0 saturated heterocycles. The van der Waals surface area contributed by atoms with Gasteiger partial charge in [0.15, 0.2) is 5.78 Å². The number of rotatable bonds is 9. The van der Waals surface area contributed by atoms with E-state index in [0.717, 1.165) is 5.56 Å². The van der Waals surface area contributed by atoms with Gasteiger partial charge in [0.05, 0.1) is 25.4 Å². The fraction of sp³-hybridized carbons (Fsp3) is 0.450. The number of esters is 2. The zero-order valence-electron chi connectivity index (χ0n) is 15.6. The highest BCUT2D eigenvalue weighted by Crippen LogP contribution is 2.34. The molecule has 2 unspecified atom stereocenters. The van der Waals surface area contributed by atoms with Crippen LogP contribution in [0, 0.1) is 41.4 Å². The lowest BCUT2D eigenvalue weighted by Gasteiger charge is -2.25. The van der Waals surface area contributed by atoms with Gasteiger partial charge in [-0.25, -0.2) is 0 Å². The summed E-state index contributed by atoms with van der Waals surface area (Å²) in [5.41, 5.74) is 1.41. The van der Waals surface area contributed by atoms with Crippen LogP contribution in [0.5, 0.6) is 0 Å². The van der Waals surface area contributed by atoms with Crippen LogP contribution in [0.3, 0.4) is 0 Å². The summed E-state index contributed by atoms with van der Waals surface area (Å²) < 4.78 is 9.78. The minimum atomic E-state index is -1.46. The predicted molar refractivity (Wildman–Crippen MR) is 95.0 cm³/mol. The molecule has 0 radical (unpaired) electrons. The van der Waals surface area contributed by atoms with Crippen LogP contribution in [0.2, 0.25) is 0 Å². The van der Waals surface area contributed by atoms with Crippen molar-refractivity contribution >= 4 is 17.7 Å². The largest absolute Gasteiger partial charge is 0.466 e. The monoisotopic (exact) mass is 370 g/mol. The third-order valence-electron chi connectivity index (χ3n) is 3.97. The van der Waals surface area contributed by atoms with Gasteiger partial charge in [-0.1, -0.05) is 29.8 Å². The van der Waals surface area contributed by atoms with Crippen LogP contribution in [-0.2, 0) is 23.9 Å². The van der Waals surface area contributed by atoms with Crippen LogP contribution in [0.15, 0.2) is 24.3 Å². The van der Waals surface area contributed by atoms with Gasteiger partial charge in [0.25, 0.3) is 0 Å². The van der Waals surface area contributed by atoms with E-state index in [1.165, 1.54) is 0 Å². The predicted octanol–water partition coefficient (Wildman–Crippen LogP) is 2.44. The van der Waals surface area contributed by atoms with Gasteiger partial charge < -0.3 is 9.47 Å². The molecule has 142 valence electrons. The number of nitriles is 2. The fourth-order valence-electron chi connectivity index (χ4n) is 2.73. The third kappa shape index (κ3) is 5.93. The average Bonchev–Trinajstić information content (AvgIpc) is 2.63. The number of carbonyl (C=O) groups excluding carboxylic acids is 3. The first-order chi connectivity index (χ1) is 12.9. The number of ketones is 1. The molecule has 1 rings (SSSR count). The smallest absolute Gasteiger partial charge is 0.317 e. The number of hydrogen-bond donors (Lipinski definition) is 0. The molecule has 7 nitrogen and oxygen atoms in total. The lowest BCUT2D eigenvalue weighted by atomic mass is 9.75. The SMILES string of the molecule is CCOC(=O)CC(=O)C(C(=O)OCC)C(c1ccc(C)cc1)C(C#N)C#N. The lowest BCUT2D eigenvalue weighted by molar-refractivity contribution is -0.154. The van der Waals surface area contributed by atoms with Gasteiger partial charge in [-0.05, 0) is 26.3 Å². The molecule has 1 aromatic rings. The first-order valence-electron chi connectivity index (χ1n) is 8.60. The number of Topliss-reactive ketones (excluding diaryl/α,β-unsaturated/α-hetero) is 1. The molecule has 0 saturated carbocycles. The summed E-state index contributed by atoms with van der Waals surface area (Å²) in [7, 11) is 0. The zero-order valence-corrected chi connectivity index (χ0v) is 15.6. The van der Waals surface area contributed by atoms with Crippen molar-refractivity contribution in [2.45, 2.75) is 33.1 Å². The molecule has 0 amide bonds. The zero-order chi connectivity index (χ0) is 20.4. The molecule has 0 aliphatic rings. The van der Waals surface area contributed by atoms with E-state index in [1.807, 2.05) is 19.1 Å². The summed E-state index contributed by atoms with van der Waals surface area (Å²) >= 11 is 0. The Balaban J connectivity index is 3.40. The van der Waals surface area contributed by atoms with E-state index in [0.29, 0.717) is 5.56 Å². The fourth-order valence-corrected chi connectivity index (χ4v) is 2.73. The van der Waals surface area contributed by atoms with Crippen molar-refractivity contribution in [3.8, 4) is 12.1 Å². The second-order valence-electron chi connectivity index (χ2n) is 5.85. The molecule has 0 aromatic heterocycles. The maximum absolute atomic E-state index is 12.7. The molecule has 0 fully saturated rings. The second-order valence-corrected chi connectivity index (χ2v) is 5.85. The number of aryl methyl sites for hydroxylation is 1. The Hall–Kier alpha value is -3.19. The minimum absolute atomic E-state index is 0.0202. The lowest BCUT2D eigenvalue weighted by Crippen LogP contribution is -2.36. The Morgan fingerprint density at radius 3 is 2.04 bits per heavy atom. The Morgan fingerprint density at radius 1 is 1.00 bits per heavy atom. The quantitative estimate of drug-likeness (QED) is 0.484. The molecule has 0 bridgehead atoms. The van der Waals surface area contributed by atoms with Gasteiger partial charge in [0.2, 0.25) is 0 Å². The number of ether oxygens (including phenoxy) is 2. The van der Waals surface area contributed by atoms with E-state index in [2.05, 4.69) is 0 Å². The van der Waals surface area contributed by atoms with Crippen molar-refractivity contribution in [1.29, 1.82) is 10.5 Å². The van der Waals surface area contributed by atoms with Gasteiger partial charge in [-0.15, -0.1) is 0 Å². The van der Waals surface area contributed by atoms with Crippen molar-refractivity contribution in [1.82, 2.24) is 0 Å². The summed E-state index contributed by atoms with van der Waals surface area (Å²) in [4.78, 5) is 37.0. The molecule has 1 aromatic carbocycles. The van der Waals surface area contributed by atoms with Crippen LogP contribution >= 0.6 is 0 Å². The van der Waals surface area contributed by atoms with Gasteiger partial charge in [-0.2, -0.15) is 10.5 Å². The van der Waals surface area contributed by atoms with E-state index in [4.69, 9.17) is 9.47 Å². The van der Waals surface area contributed by atoms with Gasteiger partial charge in [-0.3, -0.25) is 14.4 Å². The van der Waals surface area contributed by atoms with Gasteiger partial charge in [0, 0.05) is 5.92 Å². The summed E-state index contributed by atoms with van der Waals surface area (Å²) in [5, 5.41) is 18.8. The highest BCUT2D eigenvalue weighted by molar-refractivity contribution is 6.07. The molecule has 0 aliphatic carbocycles. The Labute approximate surface area is 158 Å². The van der Waals surface area contributed by atoms with Crippen LogP contribution in [0.4, 0.5) is 0 Å². The summed E-state index contributed by atoms with van der Waals surface area (Å²) in [6.45, 7) is 5.15. The molecule has 27 heavy (non-hydrogen) atoms. The van der Waals surface area contributed by atoms with Crippen LogP contribution in [-0.4, -0.2) is 30.9 Å². The molecule has 0 spiro atoms. The number of nitrogens with zero attached hydrogens (tertiary/aromatic N) is 2. The van der Waals surface area contributed by atoms with E-state index >= 15 is 0 Å². The molecule has 7 heteroatoms. The summed E-state index contributed by atoms with van der Waals surface area (Å²) in [6.07, 6.45) is -0.636.